The first-order valence-electron chi connectivity index (χ1n) is 9.09. The van der Waals surface area contributed by atoms with Crippen molar-refractivity contribution in [1.82, 2.24) is 20.1 Å². The Morgan fingerprint density at radius 3 is 2.59 bits per heavy atom. The lowest BCUT2D eigenvalue weighted by Gasteiger charge is -2.34. The minimum absolute atomic E-state index is 0.236. The van der Waals surface area contributed by atoms with Crippen molar-refractivity contribution in [2.45, 2.75) is 26.1 Å². The van der Waals surface area contributed by atoms with Crippen molar-refractivity contribution in [1.29, 1.82) is 0 Å². The number of carbonyl (C=O) groups excluding carboxylic acids is 1. The topological polar surface area (TPSA) is 81.8 Å². The van der Waals surface area contributed by atoms with Gasteiger partial charge in [0.1, 0.15) is 12.1 Å². The van der Waals surface area contributed by atoms with Crippen LogP contribution in [0.1, 0.15) is 28.9 Å². The molecule has 7 nitrogen and oxygen atoms in total. The maximum absolute atomic E-state index is 12.9. The van der Waals surface area contributed by atoms with Gasteiger partial charge in [0.05, 0.1) is 12.6 Å². The number of nitrogens with zero attached hydrogens (tertiary/aromatic N) is 3. The van der Waals surface area contributed by atoms with E-state index in [2.05, 4.69) is 20.1 Å². The van der Waals surface area contributed by atoms with Crippen LogP contribution >= 0.6 is 0 Å². The molecule has 0 spiro atoms. The zero-order valence-electron chi connectivity index (χ0n) is 15.4. The summed E-state index contributed by atoms with van der Waals surface area (Å²) < 4.78 is 18.3. The molecule has 0 saturated carbocycles. The molecule has 146 valence electrons. The molecule has 1 amide bonds. The van der Waals surface area contributed by atoms with E-state index in [4.69, 9.17) is 4.42 Å². The molecule has 0 aliphatic carbocycles. The highest BCUT2D eigenvalue weighted by molar-refractivity contribution is 5.91. The number of rotatable bonds is 7. The number of halogens is 1. The minimum atomic E-state index is -0.323. The van der Waals surface area contributed by atoms with E-state index in [0.717, 1.165) is 31.7 Å². The van der Waals surface area contributed by atoms with Gasteiger partial charge in [-0.3, -0.25) is 14.6 Å². The first kappa shape index (κ1) is 19.5. The molecule has 1 aromatic carbocycles. The molecule has 0 bridgehead atoms. The van der Waals surface area contributed by atoms with Crippen LogP contribution in [-0.4, -0.2) is 64.6 Å². The quantitative estimate of drug-likeness (QED) is 0.757. The fourth-order valence-corrected chi connectivity index (χ4v) is 3.06. The van der Waals surface area contributed by atoms with Gasteiger partial charge in [-0.15, -0.1) is 0 Å². The first-order valence-corrected chi connectivity index (χ1v) is 9.09. The lowest BCUT2D eigenvalue weighted by molar-refractivity contribution is 0.0747. The second kappa shape index (κ2) is 9.07. The number of β-amino-alcohol motifs (C(OH)–C–C–N with tert-alkyl or cyclic N) is 1. The lowest BCUT2D eigenvalue weighted by Crippen LogP contribution is -2.47. The van der Waals surface area contributed by atoms with Crippen LogP contribution in [0.4, 0.5) is 4.39 Å². The van der Waals surface area contributed by atoms with E-state index in [9.17, 15) is 14.3 Å². The molecule has 3 rings (SSSR count). The lowest BCUT2D eigenvalue weighted by atomic mass is 10.2. The number of nitrogens with one attached hydrogen (secondary N) is 1. The molecule has 2 aromatic rings. The summed E-state index contributed by atoms with van der Waals surface area (Å²) in [6.07, 6.45) is 1.04. The molecular weight excluding hydrogens is 351 g/mol. The number of amides is 1. The van der Waals surface area contributed by atoms with Crippen molar-refractivity contribution in [3.63, 3.8) is 0 Å². The van der Waals surface area contributed by atoms with Gasteiger partial charge in [-0.1, -0.05) is 12.1 Å². The summed E-state index contributed by atoms with van der Waals surface area (Å²) in [4.78, 5) is 20.9. The first-order chi connectivity index (χ1) is 13.0. The summed E-state index contributed by atoms with van der Waals surface area (Å²) in [5.74, 6) is -0.125. The molecule has 0 radical (unpaired) electrons. The number of aliphatic hydroxyl groups is 1. The van der Waals surface area contributed by atoms with E-state index in [-0.39, 0.29) is 23.5 Å². The highest BCUT2D eigenvalue weighted by atomic mass is 19.1. The Bertz CT molecular complexity index is 740. The highest BCUT2D eigenvalue weighted by Gasteiger charge is 2.20. The number of benzene rings is 1. The zero-order chi connectivity index (χ0) is 19.2. The van der Waals surface area contributed by atoms with Crippen LogP contribution in [0.3, 0.4) is 0 Å². The average molecular weight is 376 g/mol. The van der Waals surface area contributed by atoms with Crippen LogP contribution in [0.15, 0.2) is 34.9 Å². The Labute approximate surface area is 157 Å². The summed E-state index contributed by atoms with van der Waals surface area (Å²) in [5, 5.41) is 12.2. The van der Waals surface area contributed by atoms with Crippen LogP contribution < -0.4 is 5.32 Å². The van der Waals surface area contributed by atoms with Gasteiger partial charge < -0.3 is 14.8 Å². The molecule has 1 aliphatic rings. The Morgan fingerprint density at radius 1 is 1.26 bits per heavy atom. The third-order valence-corrected chi connectivity index (χ3v) is 4.50. The van der Waals surface area contributed by atoms with Gasteiger partial charge in [0.25, 0.3) is 5.91 Å². The molecule has 1 atom stereocenters. The normalized spacial score (nSPS) is 17.0. The molecule has 1 saturated heterocycles. The van der Waals surface area contributed by atoms with E-state index < -0.39 is 0 Å². The average Bonchev–Trinajstić information content (AvgIpc) is 3.11. The third kappa shape index (κ3) is 5.85. The number of oxazole rings is 1. The summed E-state index contributed by atoms with van der Waals surface area (Å²) >= 11 is 0. The van der Waals surface area contributed by atoms with Gasteiger partial charge >= 0.3 is 0 Å². The standard InChI is InChI=1S/C19H25FN4O3/c1-14(25)11-23-6-8-24(9-7-23)12-18-22-17(13-27-18)19(26)21-10-15-2-4-16(20)5-3-15/h2-5,13-14,25H,6-12H2,1H3,(H,21,26)/t14-/m0/s1. The second-order valence-electron chi connectivity index (χ2n) is 6.86. The van der Waals surface area contributed by atoms with Crippen LogP contribution in [0.5, 0.6) is 0 Å². The van der Waals surface area contributed by atoms with Crippen molar-refractivity contribution in [2.24, 2.45) is 0 Å². The van der Waals surface area contributed by atoms with E-state index in [0.29, 0.717) is 25.5 Å². The van der Waals surface area contributed by atoms with Crippen LogP contribution in [0, 0.1) is 5.82 Å². The predicted octanol–water partition coefficient (Wildman–Crippen LogP) is 1.24. The van der Waals surface area contributed by atoms with Crippen LogP contribution in [0.2, 0.25) is 0 Å². The fraction of sp³-hybridized carbons (Fsp3) is 0.474. The van der Waals surface area contributed by atoms with Crippen molar-refractivity contribution in [2.75, 3.05) is 32.7 Å². The molecule has 27 heavy (non-hydrogen) atoms. The molecule has 1 aliphatic heterocycles. The van der Waals surface area contributed by atoms with Gasteiger partial charge in [-0.25, -0.2) is 9.37 Å². The van der Waals surface area contributed by atoms with E-state index in [1.165, 1.54) is 18.4 Å². The molecule has 1 fully saturated rings. The van der Waals surface area contributed by atoms with Gasteiger partial charge in [0, 0.05) is 39.3 Å². The van der Waals surface area contributed by atoms with E-state index in [1.807, 2.05) is 0 Å². The smallest absolute Gasteiger partial charge is 0.273 e. The molecule has 0 unspecified atom stereocenters. The third-order valence-electron chi connectivity index (χ3n) is 4.50. The molecule has 2 heterocycles. The SMILES string of the molecule is C[C@H](O)CN1CCN(Cc2nc(C(=O)NCc3ccc(F)cc3)co2)CC1. The van der Waals surface area contributed by atoms with Gasteiger partial charge in [0.15, 0.2) is 5.69 Å². The Balaban J connectivity index is 1.45. The Hall–Kier alpha value is -2.29. The maximum Gasteiger partial charge on any atom is 0.273 e. The molecule has 2 N–H and O–H groups in total. The van der Waals surface area contributed by atoms with Crippen LogP contribution in [0.25, 0.3) is 0 Å². The van der Waals surface area contributed by atoms with Crippen molar-refractivity contribution >= 4 is 5.91 Å². The van der Waals surface area contributed by atoms with E-state index >= 15 is 0 Å². The summed E-state index contributed by atoms with van der Waals surface area (Å²) in [5.41, 5.74) is 1.04. The van der Waals surface area contributed by atoms with Gasteiger partial charge in [0.2, 0.25) is 5.89 Å². The Kier molecular flexibility index (Phi) is 6.54. The van der Waals surface area contributed by atoms with Crippen molar-refractivity contribution < 1.29 is 18.7 Å². The van der Waals surface area contributed by atoms with Crippen molar-refractivity contribution in [3.8, 4) is 0 Å². The van der Waals surface area contributed by atoms with Gasteiger partial charge in [-0.05, 0) is 24.6 Å². The number of piperazine rings is 1. The Morgan fingerprint density at radius 2 is 1.93 bits per heavy atom. The largest absolute Gasteiger partial charge is 0.447 e. The predicted molar refractivity (Wildman–Crippen MR) is 97.5 cm³/mol. The number of aliphatic hydroxyl groups excluding tert-OH is 1. The maximum atomic E-state index is 12.9. The van der Waals surface area contributed by atoms with Crippen LogP contribution in [-0.2, 0) is 13.1 Å². The number of hydrogen-bond acceptors (Lipinski definition) is 6. The summed E-state index contributed by atoms with van der Waals surface area (Å²) in [6.45, 7) is 6.82. The zero-order valence-corrected chi connectivity index (χ0v) is 15.4. The van der Waals surface area contributed by atoms with E-state index in [1.54, 1.807) is 19.1 Å². The molecule has 8 heteroatoms. The van der Waals surface area contributed by atoms with Gasteiger partial charge in [-0.2, -0.15) is 0 Å². The fourth-order valence-electron chi connectivity index (χ4n) is 3.06. The number of carbonyl (C=O) groups is 1. The second-order valence-corrected chi connectivity index (χ2v) is 6.86. The monoisotopic (exact) mass is 376 g/mol. The highest BCUT2D eigenvalue weighted by Crippen LogP contribution is 2.10. The molecular formula is C19H25FN4O3. The van der Waals surface area contributed by atoms with Crippen molar-refractivity contribution in [3.05, 3.63) is 53.5 Å². The summed E-state index contributed by atoms with van der Waals surface area (Å²) in [7, 11) is 0. The molecule has 1 aromatic heterocycles. The minimum Gasteiger partial charge on any atom is -0.447 e. The number of aromatic nitrogens is 1. The number of hydrogen-bond donors (Lipinski definition) is 2. The summed E-state index contributed by atoms with van der Waals surface area (Å²) in [6, 6.07) is 5.97.